The van der Waals surface area contributed by atoms with Crippen LogP contribution in [0.15, 0.2) is 42.5 Å². The van der Waals surface area contributed by atoms with Gasteiger partial charge in [-0.3, -0.25) is 11.3 Å². The number of nitrogens with one attached hydrogen (secondary N) is 1. The summed E-state index contributed by atoms with van der Waals surface area (Å²) in [6, 6.07) is 15.3. The van der Waals surface area contributed by atoms with Crippen molar-refractivity contribution in [3.05, 3.63) is 48.0 Å². The van der Waals surface area contributed by atoms with E-state index >= 15 is 0 Å². The highest BCUT2D eigenvalue weighted by Gasteiger charge is 2.07. The molecule has 2 nitrogen and oxygen atoms in total. The van der Waals surface area contributed by atoms with Crippen LogP contribution >= 0.6 is 0 Å². The van der Waals surface area contributed by atoms with Crippen LogP contribution in [-0.4, -0.2) is 6.04 Å². The zero-order valence-corrected chi connectivity index (χ0v) is 11.3. The Morgan fingerprint density at radius 3 is 2.68 bits per heavy atom. The van der Waals surface area contributed by atoms with Gasteiger partial charge in [0.15, 0.2) is 0 Å². The smallest absolute Gasteiger partial charge is 0.0260 e. The van der Waals surface area contributed by atoms with Gasteiger partial charge in [-0.25, -0.2) is 0 Å². The lowest BCUT2D eigenvalue weighted by molar-refractivity contribution is 0.498. The summed E-state index contributed by atoms with van der Waals surface area (Å²) in [6.07, 6.45) is 2.80. The number of fused-ring (bicyclic) bond motifs is 1. The predicted octanol–water partition coefficient (Wildman–Crippen LogP) is 3.02. The fourth-order valence-corrected chi connectivity index (χ4v) is 2.27. The van der Waals surface area contributed by atoms with Gasteiger partial charge >= 0.3 is 0 Å². The van der Waals surface area contributed by atoms with Gasteiger partial charge in [0.1, 0.15) is 0 Å². The monoisotopic (exact) mass is 252 g/mol. The minimum atomic E-state index is 0.280. The Labute approximate surface area is 115 Å². The molecule has 2 rings (SSSR count). The van der Waals surface area contributed by atoms with Crippen molar-refractivity contribution in [2.24, 2.45) is 5.84 Å². The minimum absolute atomic E-state index is 0.280. The van der Waals surface area contributed by atoms with E-state index in [0.29, 0.717) is 0 Å². The van der Waals surface area contributed by atoms with Gasteiger partial charge in [-0.1, -0.05) is 42.5 Å². The summed E-state index contributed by atoms with van der Waals surface area (Å²) >= 11 is 0. The van der Waals surface area contributed by atoms with E-state index in [2.05, 4.69) is 59.7 Å². The molecule has 0 bridgehead atoms. The third-order valence-corrected chi connectivity index (χ3v) is 3.33. The molecule has 2 aromatic rings. The molecule has 0 aliphatic heterocycles. The molecule has 0 fully saturated rings. The van der Waals surface area contributed by atoms with Crippen LogP contribution < -0.4 is 11.3 Å². The molecule has 2 heteroatoms. The Balaban J connectivity index is 2.07. The van der Waals surface area contributed by atoms with Crippen molar-refractivity contribution in [2.45, 2.75) is 32.2 Å². The minimum Gasteiger partial charge on any atom is -0.271 e. The first-order valence-corrected chi connectivity index (χ1v) is 6.67. The number of nitrogens with two attached hydrogens (primary N) is 1. The summed E-state index contributed by atoms with van der Waals surface area (Å²) in [7, 11) is 0. The Bertz CT molecular complexity index is 593. The van der Waals surface area contributed by atoms with Crippen LogP contribution in [0.1, 0.15) is 25.3 Å². The van der Waals surface area contributed by atoms with Crippen molar-refractivity contribution in [1.82, 2.24) is 5.43 Å². The molecule has 0 spiro atoms. The van der Waals surface area contributed by atoms with E-state index in [4.69, 9.17) is 5.84 Å². The second-order valence-electron chi connectivity index (χ2n) is 4.71. The van der Waals surface area contributed by atoms with Gasteiger partial charge in [0, 0.05) is 12.5 Å². The highest BCUT2D eigenvalue weighted by atomic mass is 15.2. The van der Waals surface area contributed by atoms with Gasteiger partial charge in [0.2, 0.25) is 0 Å². The molecule has 1 unspecified atom stereocenters. The van der Waals surface area contributed by atoms with Crippen LogP contribution in [0, 0.1) is 11.8 Å². The number of rotatable bonds is 5. The van der Waals surface area contributed by atoms with E-state index in [1.54, 1.807) is 0 Å². The molecule has 0 aromatic heterocycles. The second-order valence-corrected chi connectivity index (χ2v) is 4.71. The van der Waals surface area contributed by atoms with Crippen molar-refractivity contribution >= 4 is 10.8 Å². The summed E-state index contributed by atoms with van der Waals surface area (Å²) < 4.78 is 0. The van der Waals surface area contributed by atoms with E-state index in [1.807, 2.05) is 6.92 Å². The summed E-state index contributed by atoms with van der Waals surface area (Å²) in [5.74, 6) is 11.6. The average molecular weight is 252 g/mol. The molecule has 3 N–H and O–H groups in total. The van der Waals surface area contributed by atoms with Crippen molar-refractivity contribution < 1.29 is 0 Å². The molecule has 0 saturated carbocycles. The van der Waals surface area contributed by atoms with Crippen LogP contribution in [0.4, 0.5) is 0 Å². The van der Waals surface area contributed by atoms with Gasteiger partial charge in [-0.05, 0) is 36.1 Å². The molecule has 0 aliphatic carbocycles. The van der Waals surface area contributed by atoms with Gasteiger partial charge < -0.3 is 0 Å². The molecule has 98 valence electrons. The third kappa shape index (κ3) is 3.82. The summed E-state index contributed by atoms with van der Waals surface area (Å²) in [4.78, 5) is 0. The van der Waals surface area contributed by atoms with Gasteiger partial charge in [0.05, 0.1) is 0 Å². The van der Waals surface area contributed by atoms with E-state index < -0.39 is 0 Å². The van der Waals surface area contributed by atoms with Crippen LogP contribution in [-0.2, 0) is 6.42 Å². The Morgan fingerprint density at radius 2 is 1.95 bits per heavy atom. The standard InChI is InChI=1S/C17H20N2/c1-2-3-4-9-17(19-18)13-14-10-11-15-7-5-6-8-16(15)12-14/h5-8,10-12,17,19H,4,9,13,18H2,1H3. The van der Waals surface area contributed by atoms with Crippen molar-refractivity contribution in [2.75, 3.05) is 0 Å². The Hall–Kier alpha value is -1.82. The van der Waals surface area contributed by atoms with Gasteiger partial charge in [-0.15, -0.1) is 11.8 Å². The lowest BCUT2D eigenvalue weighted by Crippen LogP contribution is -2.36. The molecule has 2 aromatic carbocycles. The average Bonchev–Trinajstić information content (AvgIpc) is 2.46. The molecule has 1 atom stereocenters. The first-order valence-electron chi connectivity index (χ1n) is 6.67. The fraction of sp³-hybridized carbons (Fsp3) is 0.294. The van der Waals surface area contributed by atoms with Gasteiger partial charge in [0.25, 0.3) is 0 Å². The van der Waals surface area contributed by atoms with Crippen molar-refractivity contribution in [3.63, 3.8) is 0 Å². The molecule has 0 aliphatic rings. The second kappa shape index (κ2) is 6.94. The van der Waals surface area contributed by atoms with Gasteiger partial charge in [-0.2, -0.15) is 0 Å². The molecule has 0 amide bonds. The van der Waals surface area contributed by atoms with E-state index in [9.17, 15) is 0 Å². The van der Waals surface area contributed by atoms with Crippen LogP contribution in [0.3, 0.4) is 0 Å². The molecule has 19 heavy (non-hydrogen) atoms. The lowest BCUT2D eigenvalue weighted by atomic mass is 9.99. The van der Waals surface area contributed by atoms with Crippen LogP contribution in [0.5, 0.6) is 0 Å². The maximum atomic E-state index is 5.62. The van der Waals surface area contributed by atoms with E-state index in [1.165, 1.54) is 16.3 Å². The summed E-state index contributed by atoms with van der Waals surface area (Å²) in [6.45, 7) is 1.87. The lowest BCUT2D eigenvalue weighted by Gasteiger charge is -2.15. The normalized spacial score (nSPS) is 11.9. The largest absolute Gasteiger partial charge is 0.271 e. The fourth-order valence-electron chi connectivity index (χ4n) is 2.27. The van der Waals surface area contributed by atoms with Crippen LogP contribution in [0.2, 0.25) is 0 Å². The molecule has 0 heterocycles. The third-order valence-electron chi connectivity index (χ3n) is 3.33. The Morgan fingerprint density at radius 1 is 1.16 bits per heavy atom. The topological polar surface area (TPSA) is 38.0 Å². The highest BCUT2D eigenvalue weighted by molar-refractivity contribution is 5.82. The van der Waals surface area contributed by atoms with E-state index in [0.717, 1.165) is 19.3 Å². The summed E-state index contributed by atoms with van der Waals surface area (Å²) in [5.41, 5.74) is 4.20. The molecule has 0 radical (unpaired) electrons. The Kier molecular flexibility index (Phi) is 4.97. The van der Waals surface area contributed by atoms with Crippen LogP contribution in [0.25, 0.3) is 10.8 Å². The maximum Gasteiger partial charge on any atom is 0.0260 e. The molecular formula is C17H20N2. The number of hydrazine groups is 1. The number of hydrogen-bond donors (Lipinski definition) is 2. The predicted molar refractivity (Wildman–Crippen MR) is 81.4 cm³/mol. The van der Waals surface area contributed by atoms with Crippen molar-refractivity contribution in [1.29, 1.82) is 0 Å². The quantitative estimate of drug-likeness (QED) is 0.487. The zero-order chi connectivity index (χ0) is 13.5. The highest BCUT2D eigenvalue weighted by Crippen LogP contribution is 2.17. The first-order chi connectivity index (χ1) is 9.33. The summed E-state index contributed by atoms with van der Waals surface area (Å²) in [5, 5.41) is 2.56. The molecular weight excluding hydrogens is 232 g/mol. The number of benzene rings is 2. The number of hydrogen-bond acceptors (Lipinski definition) is 2. The molecule has 0 saturated heterocycles. The zero-order valence-electron chi connectivity index (χ0n) is 11.3. The van der Waals surface area contributed by atoms with E-state index in [-0.39, 0.29) is 6.04 Å². The van der Waals surface area contributed by atoms with Crippen molar-refractivity contribution in [3.8, 4) is 11.8 Å². The first kappa shape index (κ1) is 13.6. The SMILES string of the molecule is CC#CCCC(Cc1ccc2ccccc2c1)NN. The maximum absolute atomic E-state index is 5.62.